The van der Waals surface area contributed by atoms with Gasteiger partial charge in [-0.2, -0.15) is 18.4 Å². The highest BCUT2D eigenvalue weighted by atomic mass is 19.4. The number of alkyl halides is 3. The van der Waals surface area contributed by atoms with Gasteiger partial charge in [0.2, 0.25) is 0 Å². The average Bonchev–Trinajstić information content (AvgIpc) is 2.38. The Hall–Kier alpha value is -2.42. The summed E-state index contributed by atoms with van der Waals surface area (Å²) in [5.41, 5.74) is -0.851. The molecule has 0 radical (unpaired) electrons. The van der Waals surface area contributed by atoms with Gasteiger partial charge in [-0.15, -0.1) is 0 Å². The van der Waals surface area contributed by atoms with Crippen molar-refractivity contribution in [3.8, 4) is 11.8 Å². The Morgan fingerprint density at radius 2 is 2.00 bits per heavy atom. The third-order valence-electron chi connectivity index (χ3n) is 2.41. The second kappa shape index (κ2) is 5.06. The number of nitrogens with one attached hydrogen (secondary N) is 1. The van der Waals surface area contributed by atoms with E-state index in [0.29, 0.717) is 0 Å². The molecular weight excluding hydrogens is 257 g/mol. The first-order valence-electron chi connectivity index (χ1n) is 5.39. The molecular formula is C13H9F3N2O. The summed E-state index contributed by atoms with van der Waals surface area (Å²) in [6.45, 7) is 0. The first-order chi connectivity index (χ1) is 9.00. The van der Waals surface area contributed by atoms with E-state index in [0.717, 1.165) is 6.07 Å². The summed E-state index contributed by atoms with van der Waals surface area (Å²) in [5, 5.41) is 11.4. The molecule has 1 aromatic carbocycles. The highest BCUT2D eigenvalue weighted by Gasteiger charge is 2.34. The van der Waals surface area contributed by atoms with Crippen molar-refractivity contribution in [1.82, 2.24) is 5.32 Å². The molecule has 0 saturated heterocycles. The molecule has 1 aliphatic rings. The zero-order valence-electron chi connectivity index (χ0n) is 9.61. The molecule has 98 valence electrons. The number of nitrogens with zero attached hydrogens (tertiary/aromatic N) is 1. The number of allylic oxidation sites excluding steroid dienone is 1. The Bertz CT molecular complexity index is 570. The minimum Gasteiger partial charge on any atom is -0.457 e. The van der Waals surface area contributed by atoms with Gasteiger partial charge in [0.15, 0.2) is 0 Å². The quantitative estimate of drug-likeness (QED) is 0.895. The zero-order chi connectivity index (χ0) is 13.9. The monoisotopic (exact) mass is 266 g/mol. The van der Waals surface area contributed by atoms with Crippen LogP contribution in [0, 0.1) is 11.3 Å². The number of rotatable bonds is 2. The summed E-state index contributed by atoms with van der Waals surface area (Å²) in [4.78, 5) is 0. The van der Waals surface area contributed by atoms with Gasteiger partial charge in [0.25, 0.3) is 0 Å². The van der Waals surface area contributed by atoms with Crippen molar-refractivity contribution < 1.29 is 17.9 Å². The van der Waals surface area contributed by atoms with Crippen LogP contribution in [0.5, 0.6) is 5.75 Å². The van der Waals surface area contributed by atoms with Crippen LogP contribution in [-0.2, 0) is 6.18 Å². The highest BCUT2D eigenvalue weighted by molar-refractivity contribution is 5.38. The van der Waals surface area contributed by atoms with Crippen LogP contribution in [-0.4, -0.2) is 6.04 Å². The number of benzene rings is 1. The standard InChI is InChI=1S/C13H9F3N2O/c14-13(15,16)11-3-1-2-4-12(11)19-10-5-6-18-9(7-10)8-17/h1-7,9,18H. The lowest BCUT2D eigenvalue weighted by Crippen LogP contribution is -2.23. The van der Waals surface area contributed by atoms with Crippen LogP contribution in [0.1, 0.15) is 5.56 Å². The Kier molecular flexibility index (Phi) is 3.47. The van der Waals surface area contributed by atoms with E-state index < -0.39 is 17.8 Å². The van der Waals surface area contributed by atoms with Crippen molar-refractivity contribution >= 4 is 0 Å². The fourth-order valence-corrected chi connectivity index (χ4v) is 1.56. The van der Waals surface area contributed by atoms with E-state index >= 15 is 0 Å². The summed E-state index contributed by atoms with van der Waals surface area (Å²) in [6, 6.07) is 6.24. The molecule has 1 heterocycles. The minimum absolute atomic E-state index is 0.196. The van der Waals surface area contributed by atoms with E-state index in [1.807, 2.05) is 6.07 Å². The number of hydrogen-bond donors (Lipinski definition) is 1. The molecule has 3 nitrogen and oxygen atoms in total. The Labute approximate surface area is 107 Å². The first-order valence-corrected chi connectivity index (χ1v) is 5.39. The van der Waals surface area contributed by atoms with Crippen LogP contribution < -0.4 is 10.1 Å². The van der Waals surface area contributed by atoms with Crippen LogP contribution in [0.2, 0.25) is 0 Å². The van der Waals surface area contributed by atoms with Gasteiger partial charge < -0.3 is 10.1 Å². The number of halogens is 3. The van der Waals surface area contributed by atoms with Crippen LogP contribution in [0.15, 0.2) is 48.4 Å². The van der Waals surface area contributed by atoms with E-state index in [9.17, 15) is 13.2 Å². The van der Waals surface area contributed by atoms with Crippen LogP contribution in [0.3, 0.4) is 0 Å². The zero-order valence-corrected chi connectivity index (χ0v) is 9.61. The fraction of sp³-hybridized carbons (Fsp3) is 0.154. The molecule has 1 aliphatic heterocycles. The predicted octanol–water partition coefficient (Wildman–Crippen LogP) is 2.98. The maximum absolute atomic E-state index is 12.8. The minimum atomic E-state index is -4.48. The van der Waals surface area contributed by atoms with Gasteiger partial charge in [0, 0.05) is 6.20 Å². The Morgan fingerprint density at radius 3 is 2.68 bits per heavy atom. The second-order valence-electron chi connectivity index (χ2n) is 3.77. The molecule has 1 N–H and O–H groups in total. The fourth-order valence-electron chi connectivity index (χ4n) is 1.56. The summed E-state index contributed by atoms with van der Waals surface area (Å²) >= 11 is 0. The van der Waals surface area contributed by atoms with Gasteiger partial charge in [-0.3, -0.25) is 0 Å². The van der Waals surface area contributed by atoms with E-state index in [2.05, 4.69) is 5.32 Å². The molecule has 0 aromatic heterocycles. The largest absolute Gasteiger partial charge is 0.457 e. The highest BCUT2D eigenvalue weighted by Crippen LogP contribution is 2.36. The molecule has 19 heavy (non-hydrogen) atoms. The lowest BCUT2D eigenvalue weighted by atomic mass is 10.2. The second-order valence-corrected chi connectivity index (χ2v) is 3.77. The number of hydrogen-bond acceptors (Lipinski definition) is 3. The van der Waals surface area contributed by atoms with Crippen molar-refractivity contribution in [2.24, 2.45) is 0 Å². The molecule has 0 fully saturated rings. The smallest absolute Gasteiger partial charge is 0.419 e. The number of ether oxygens (including phenoxy) is 1. The molecule has 1 aromatic rings. The van der Waals surface area contributed by atoms with Gasteiger partial charge in [-0.25, -0.2) is 0 Å². The molecule has 1 atom stereocenters. The van der Waals surface area contributed by atoms with Gasteiger partial charge in [-0.1, -0.05) is 12.1 Å². The van der Waals surface area contributed by atoms with E-state index in [-0.39, 0.29) is 11.5 Å². The maximum atomic E-state index is 12.8. The van der Waals surface area contributed by atoms with Crippen molar-refractivity contribution in [3.05, 3.63) is 53.9 Å². The SMILES string of the molecule is N#CC1C=C(Oc2ccccc2C(F)(F)F)C=CN1. The van der Waals surface area contributed by atoms with Crippen molar-refractivity contribution in [2.45, 2.75) is 12.2 Å². The predicted molar refractivity (Wildman–Crippen MR) is 61.8 cm³/mol. The van der Waals surface area contributed by atoms with Gasteiger partial charge in [0.1, 0.15) is 17.6 Å². The van der Waals surface area contributed by atoms with Crippen LogP contribution in [0.25, 0.3) is 0 Å². The van der Waals surface area contributed by atoms with Crippen molar-refractivity contribution in [1.29, 1.82) is 5.26 Å². The van der Waals surface area contributed by atoms with Gasteiger partial charge >= 0.3 is 6.18 Å². The summed E-state index contributed by atoms with van der Waals surface area (Å²) in [5.74, 6) is -0.0912. The lowest BCUT2D eigenvalue weighted by molar-refractivity contribution is -0.138. The van der Waals surface area contributed by atoms with E-state index in [1.165, 1.54) is 36.6 Å². The first kappa shape index (κ1) is 13.0. The van der Waals surface area contributed by atoms with Crippen LogP contribution in [0.4, 0.5) is 13.2 Å². The Balaban J connectivity index is 2.28. The molecule has 0 saturated carbocycles. The molecule has 0 amide bonds. The van der Waals surface area contributed by atoms with Crippen LogP contribution >= 0.6 is 0 Å². The average molecular weight is 266 g/mol. The molecule has 0 aliphatic carbocycles. The Morgan fingerprint density at radius 1 is 1.26 bits per heavy atom. The number of dihydropyridines is 1. The summed E-state index contributed by atoms with van der Waals surface area (Å²) in [7, 11) is 0. The molecule has 0 spiro atoms. The topological polar surface area (TPSA) is 45.0 Å². The maximum Gasteiger partial charge on any atom is 0.419 e. The third kappa shape index (κ3) is 3.07. The van der Waals surface area contributed by atoms with E-state index in [4.69, 9.17) is 10.00 Å². The normalized spacial score (nSPS) is 18.2. The molecule has 0 bridgehead atoms. The molecule has 6 heteroatoms. The molecule has 1 unspecified atom stereocenters. The van der Waals surface area contributed by atoms with Gasteiger partial charge in [-0.05, 0) is 24.3 Å². The van der Waals surface area contributed by atoms with Gasteiger partial charge in [0.05, 0.1) is 11.6 Å². The lowest BCUT2D eigenvalue weighted by Gasteiger charge is -2.17. The van der Waals surface area contributed by atoms with E-state index in [1.54, 1.807) is 0 Å². The summed E-state index contributed by atoms with van der Waals surface area (Å²) in [6.07, 6.45) is -0.157. The molecule has 2 rings (SSSR count). The third-order valence-corrected chi connectivity index (χ3v) is 2.41. The number of nitriles is 1. The number of para-hydroxylation sites is 1. The summed E-state index contributed by atoms with van der Waals surface area (Å²) < 4.78 is 43.5. The van der Waals surface area contributed by atoms with Crippen molar-refractivity contribution in [3.63, 3.8) is 0 Å². The van der Waals surface area contributed by atoms with Crippen molar-refractivity contribution in [2.75, 3.05) is 0 Å².